The van der Waals surface area contributed by atoms with Gasteiger partial charge in [-0.3, -0.25) is 15.0 Å². The molecule has 1 saturated heterocycles. The molecule has 0 saturated carbocycles. The Balaban J connectivity index is 1.82. The number of thiocarbonyl (C=S) groups is 1. The monoisotopic (exact) mass is 496 g/mol. The Morgan fingerprint density at radius 2 is 1.84 bits per heavy atom. The van der Waals surface area contributed by atoms with Crippen molar-refractivity contribution in [2.24, 2.45) is 0 Å². The molecule has 1 heterocycles. The topological polar surface area (TPSA) is 67.9 Å². The number of benzene rings is 2. The first-order valence-corrected chi connectivity index (χ1v) is 11.3. The van der Waals surface area contributed by atoms with Crippen LogP contribution in [0.3, 0.4) is 0 Å². The van der Waals surface area contributed by atoms with Gasteiger partial charge in [0.1, 0.15) is 0 Å². The zero-order valence-corrected chi connectivity index (χ0v) is 19.8. The highest BCUT2D eigenvalue weighted by Gasteiger charge is 2.34. The highest BCUT2D eigenvalue weighted by atomic mass is 35.5. The fourth-order valence-electron chi connectivity index (χ4n) is 2.70. The Hall–Kier alpha value is -2.26. The first-order valence-electron chi connectivity index (χ1n) is 9.27. The van der Waals surface area contributed by atoms with Gasteiger partial charge in [0.05, 0.1) is 23.1 Å². The Morgan fingerprint density at radius 1 is 1.16 bits per heavy atom. The summed E-state index contributed by atoms with van der Waals surface area (Å²) in [5, 5.41) is 1.92. The van der Waals surface area contributed by atoms with Crippen LogP contribution in [0.1, 0.15) is 29.8 Å². The molecule has 0 radical (unpaired) electrons. The van der Waals surface area contributed by atoms with E-state index in [4.69, 9.17) is 44.9 Å². The highest BCUT2D eigenvalue weighted by Crippen LogP contribution is 2.39. The number of hydrazine groups is 1. The molecule has 6 nitrogen and oxygen atoms in total. The lowest BCUT2D eigenvalue weighted by atomic mass is 10.2. The molecule has 1 aliphatic rings. The molecule has 10 heteroatoms. The SMILES string of the molecule is CCOc1cc(/C=C2/SC(=S)N(NC(=O)c3ccc(Cl)cc3)C2=O)cc(Cl)c1OCC. The fraction of sp³-hybridized carbons (Fsp3) is 0.190. The van der Waals surface area contributed by atoms with E-state index in [2.05, 4.69) is 5.43 Å². The van der Waals surface area contributed by atoms with Gasteiger partial charge in [0, 0.05) is 10.6 Å². The summed E-state index contributed by atoms with van der Waals surface area (Å²) in [5.74, 6) is 0.0119. The molecule has 0 unspecified atom stereocenters. The minimum atomic E-state index is -0.475. The molecule has 31 heavy (non-hydrogen) atoms. The molecule has 2 aromatic carbocycles. The van der Waals surface area contributed by atoms with Crippen LogP contribution >= 0.6 is 47.2 Å². The van der Waals surface area contributed by atoms with Crippen molar-refractivity contribution in [1.82, 2.24) is 10.4 Å². The molecular weight excluding hydrogens is 479 g/mol. The number of ether oxygens (including phenoxy) is 2. The average molecular weight is 497 g/mol. The number of halogens is 2. The Labute approximate surface area is 199 Å². The number of rotatable bonds is 7. The summed E-state index contributed by atoms with van der Waals surface area (Å²) in [4.78, 5) is 25.6. The number of hydrogen-bond acceptors (Lipinski definition) is 6. The van der Waals surface area contributed by atoms with E-state index in [1.165, 1.54) is 0 Å². The van der Waals surface area contributed by atoms with Crippen LogP contribution in [0.4, 0.5) is 0 Å². The first kappa shape index (κ1) is 23.4. The number of thioether (sulfide) groups is 1. The van der Waals surface area contributed by atoms with E-state index in [0.29, 0.717) is 50.8 Å². The second kappa shape index (κ2) is 10.4. The molecular formula is C21H18Cl2N2O4S2. The minimum Gasteiger partial charge on any atom is -0.490 e. The van der Waals surface area contributed by atoms with Gasteiger partial charge in [-0.05, 0) is 74.1 Å². The molecule has 0 bridgehead atoms. The smallest absolute Gasteiger partial charge is 0.285 e. The summed E-state index contributed by atoms with van der Waals surface area (Å²) < 4.78 is 11.4. The predicted molar refractivity (Wildman–Crippen MR) is 128 cm³/mol. The third kappa shape index (κ3) is 5.51. The summed E-state index contributed by atoms with van der Waals surface area (Å²) in [6.07, 6.45) is 1.64. The first-order chi connectivity index (χ1) is 14.8. The molecule has 162 valence electrons. The van der Waals surface area contributed by atoms with Crippen LogP contribution in [0.25, 0.3) is 6.08 Å². The van der Waals surface area contributed by atoms with Crippen LogP contribution in [-0.2, 0) is 4.79 Å². The van der Waals surface area contributed by atoms with Crippen LogP contribution in [0.15, 0.2) is 41.3 Å². The van der Waals surface area contributed by atoms with Crippen LogP contribution in [-0.4, -0.2) is 34.4 Å². The van der Waals surface area contributed by atoms with Crippen LogP contribution < -0.4 is 14.9 Å². The third-order valence-corrected chi connectivity index (χ3v) is 5.87. The quantitative estimate of drug-likeness (QED) is 0.412. The van der Waals surface area contributed by atoms with Gasteiger partial charge in [-0.2, -0.15) is 5.01 Å². The normalized spacial score (nSPS) is 14.8. The fourth-order valence-corrected chi connectivity index (χ4v) is 4.28. The molecule has 1 fully saturated rings. The van der Waals surface area contributed by atoms with Gasteiger partial charge in [0.25, 0.3) is 11.8 Å². The van der Waals surface area contributed by atoms with Gasteiger partial charge >= 0.3 is 0 Å². The van der Waals surface area contributed by atoms with Crippen molar-refractivity contribution in [2.75, 3.05) is 13.2 Å². The highest BCUT2D eigenvalue weighted by molar-refractivity contribution is 8.26. The Bertz CT molecular complexity index is 1060. The van der Waals surface area contributed by atoms with E-state index in [9.17, 15) is 9.59 Å². The molecule has 1 N–H and O–H groups in total. The van der Waals surface area contributed by atoms with Crippen LogP contribution in [0.5, 0.6) is 11.5 Å². The maximum Gasteiger partial charge on any atom is 0.285 e. The van der Waals surface area contributed by atoms with Crippen molar-refractivity contribution in [3.63, 3.8) is 0 Å². The number of nitrogens with zero attached hydrogens (tertiary/aromatic N) is 1. The molecule has 0 atom stereocenters. The van der Waals surface area contributed by atoms with Crippen molar-refractivity contribution < 1.29 is 19.1 Å². The maximum absolute atomic E-state index is 12.8. The standard InChI is InChI=1S/C21H18Cl2N2O4S2/c1-3-28-16-10-12(9-15(23)18(16)29-4-2)11-17-20(27)25(21(30)31-17)24-19(26)13-5-7-14(22)8-6-13/h5-11H,3-4H2,1-2H3,(H,24,26)/b17-11+. The van der Waals surface area contributed by atoms with Gasteiger partial charge in [0.15, 0.2) is 15.8 Å². The van der Waals surface area contributed by atoms with Crippen molar-refractivity contribution in [1.29, 1.82) is 0 Å². The molecule has 1 aliphatic heterocycles. The lowest BCUT2D eigenvalue weighted by Gasteiger charge is -2.15. The van der Waals surface area contributed by atoms with E-state index in [-0.39, 0.29) is 4.32 Å². The Morgan fingerprint density at radius 3 is 2.48 bits per heavy atom. The van der Waals surface area contributed by atoms with Gasteiger partial charge < -0.3 is 9.47 Å². The molecule has 0 aliphatic carbocycles. The van der Waals surface area contributed by atoms with Gasteiger partial charge in [-0.15, -0.1) is 0 Å². The van der Waals surface area contributed by atoms with E-state index >= 15 is 0 Å². The van der Waals surface area contributed by atoms with E-state index in [0.717, 1.165) is 16.8 Å². The summed E-state index contributed by atoms with van der Waals surface area (Å²) in [7, 11) is 0. The lowest BCUT2D eigenvalue weighted by molar-refractivity contribution is -0.123. The number of hydrogen-bond donors (Lipinski definition) is 1. The average Bonchev–Trinajstić information content (AvgIpc) is 2.98. The predicted octanol–water partition coefficient (Wildman–Crippen LogP) is 5.34. The van der Waals surface area contributed by atoms with Crippen molar-refractivity contribution in [2.45, 2.75) is 13.8 Å². The maximum atomic E-state index is 12.8. The van der Waals surface area contributed by atoms with Gasteiger partial charge in [-0.25, -0.2) is 0 Å². The van der Waals surface area contributed by atoms with Crippen molar-refractivity contribution in [3.8, 4) is 11.5 Å². The number of carbonyl (C=O) groups excluding carboxylic acids is 2. The van der Waals surface area contributed by atoms with Gasteiger partial charge in [-0.1, -0.05) is 35.0 Å². The van der Waals surface area contributed by atoms with E-state index in [1.807, 2.05) is 13.8 Å². The Kier molecular flexibility index (Phi) is 7.83. The number of carbonyl (C=O) groups is 2. The van der Waals surface area contributed by atoms with Crippen LogP contribution in [0.2, 0.25) is 10.0 Å². The molecule has 0 spiro atoms. The third-order valence-electron chi connectivity index (χ3n) is 4.03. The lowest BCUT2D eigenvalue weighted by Crippen LogP contribution is -2.44. The number of nitrogens with one attached hydrogen (secondary N) is 1. The van der Waals surface area contributed by atoms with Gasteiger partial charge in [0.2, 0.25) is 0 Å². The summed E-state index contributed by atoms with van der Waals surface area (Å²) >= 11 is 18.5. The molecule has 3 rings (SSSR count). The zero-order chi connectivity index (χ0) is 22.5. The second-order valence-electron chi connectivity index (χ2n) is 6.16. The zero-order valence-electron chi connectivity index (χ0n) is 16.6. The molecule has 0 aromatic heterocycles. The minimum absolute atomic E-state index is 0.209. The summed E-state index contributed by atoms with van der Waals surface area (Å²) in [5.41, 5.74) is 3.52. The summed E-state index contributed by atoms with van der Waals surface area (Å²) in [6.45, 7) is 4.57. The molecule has 2 amide bonds. The van der Waals surface area contributed by atoms with E-state index in [1.54, 1.807) is 42.5 Å². The van der Waals surface area contributed by atoms with Crippen molar-refractivity contribution in [3.05, 3.63) is 62.5 Å². The second-order valence-corrected chi connectivity index (χ2v) is 8.68. The number of amides is 2. The van der Waals surface area contributed by atoms with E-state index < -0.39 is 11.8 Å². The van der Waals surface area contributed by atoms with Crippen molar-refractivity contribution >= 4 is 69.4 Å². The largest absolute Gasteiger partial charge is 0.490 e. The molecule has 2 aromatic rings. The van der Waals surface area contributed by atoms with Crippen LogP contribution in [0, 0.1) is 0 Å². The summed E-state index contributed by atoms with van der Waals surface area (Å²) in [6, 6.07) is 9.70.